The molecule has 17 heteroatoms. The zero-order chi connectivity index (χ0) is 94.4. The first-order valence-electron chi connectivity index (χ1n) is 49.3. The Morgan fingerprint density at radius 3 is 1.02 bits per heavy atom. The molecule has 9 aromatic carbocycles. The average molecular weight is 1830 g/mol. The number of anilines is 2. The van der Waals surface area contributed by atoms with Gasteiger partial charge in [-0.15, -0.1) is 0 Å². The lowest BCUT2D eigenvalue weighted by Gasteiger charge is -2.32. The number of aryl methyl sites for hydroxylation is 2. The highest BCUT2D eigenvalue weighted by atomic mass is 19.1. The van der Waals surface area contributed by atoms with Gasteiger partial charge in [-0.3, -0.25) is 44.3 Å². The Kier molecular flexibility index (Phi) is 29.8. The van der Waals surface area contributed by atoms with Crippen LogP contribution in [0.3, 0.4) is 0 Å². The third kappa shape index (κ3) is 23.2. The first-order valence-corrected chi connectivity index (χ1v) is 49.3. The van der Waals surface area contributed by atoms with E-state index in [1.165, 1.54) is 118 Å². The van der Waals surface area contributed by atoms with Crippen LogP contribution >= 0.6 is 0 Å². The van der Waals surface area contributed by atoms with Crippen LogP contribution in [-0.4, -0.2) is 204 Å². The fourth-order valence-corrected chi connectivity index (χ4v) is 20.1. The average Bonchev–Trinajstić information content (AvgIpc) is 1.64. The SMILES string of the molecule is CN1CCN(Cc2ccc(-c3cnc4c(c3)C(c3ccc(F)c(C(=O)CCC5=CC=CC5)c3)=CC4)cc2)CC1.CN1CCN(Cc2ccc(-c3cnc4c(c3)C(c3cccc(NC(=O)Nc5ccccc5)c3)=CC4)cc2)CC1.Cc1ccccc1C1=CCc2ncc(-c3ccc(CN4CCN(C)CC4)cc3)cc21.Cc1ccccc1C1=CCc2ncc(-c3ccc(CN4CCN(C)CC4)cc3)cc21. The molecule has 4 aliphatic heterocycles. The van der Waals surface area contributed by atoms with Gasteiger partial charge in [-0.25, -0.2) is 9.18 Å². The maximum atomic E-state index is 14.7. The number of rotatable bonds is 22. The summed E-state index contributed by atoms with van der Waals surface area (Å²) in [5.41, 5.74) is 38.9. The molecule has 0 bridgehead atoms. The van der Waals surface area contributed by atoms with Gasteiger partial charge in [0.2, 0.25) is 0 Å². The van der Waals surface area contributed by atoms with E-state index in [1.54, 1.807) is 12.1 Å². The van der Waals surface area contributed by atoms with Crippen molar-refractivity contribution in [2.75, 3.05) is 144 Å². The number of nitrogens with one attached hydrogen (secondary N) is 2. The number of amides is 2. The van der Waals surface area contributed by atoms with E-state index in [-0.39, 0.29) is 17.4 Å². The zero-order valence-electron chi connectivity index (χ0n) is 80.6. The van der Waals surface area contributed by atoms with E-state index in [0.717, 1.165) is 236 Å². The number of allylic oxidation sites excluding steroid dienone is 8. The highest BCUT2D eigenvalue weighted by molar-refractivity contribution is 6.01. The van der Waals surface area contributed by atoms with Crippen molar-refractivity contribution in [3.63, 3.8) is 0 Å². The minimum Gasteiger partial charge on any atom is -0.308 e. The predicted octanol–water partition coefficient (Wildman–Crippen LogP) is 22.2. The maximum Gasteiger partial charge on any atom is 0.323 e. The van der Waals surface area contributed by atoms with Crippen LogP contribution in [0, 0.1) is 19.7 Å². The third-order valence-corrected chi connectivity index (χ3v) is 28.6. The summed E-state index contributed by atoms with van der Waals surface area (Å²) in [6.45, 7) is 26.6. The highest BCUT2D eigenvalue weighted by Gasteiger charge is 2.28. The molecule has 13 aromatic rings. The van der Waals surface area contributed by atoms with Crippen molar-refractivity contribution in [3.05, 3.63) is 428 Å². The van der Waals surface area contributed by atoms with E-state index in [1.807, 2.05) is 85.5 Å². The van der Waals surface area contributed by atoms with Gasteiger partial charge < -0.3 is 30.2 Å². The van der Waals surface area contributed by atoms with Crippen molar-refractivity contribution in [1.82, 2.24) is 59.1 Å². The van der Waals surface area contributed by atoms with Gasteiger partial charge >= 0.3 is 6.03 Å². The molecule has 4 saturated heterocycles. The minimum absolute atomic E-state index is 0.149. The Labute approximate surface area is 814 Å². The normalized spacial score (nSPS) is 16.7. The number of likely N-dealkylation sites (N-methyl/N-ethyl adjacent to an activating group) is 4. The molecule has 4 fully saturated rings. The fraction of sp³-hybridized carbons (Fsp3) is 0.273. The van der Waals surface area contributed by atoms with Gasteiger partial charge in [-0.05, 0) is 216 Å². The number of piperazine rings is 4. The molecule has 4 aromatic heterocycles. The third-order valence-electron chi connectivity index (χ3n) is 28.6. The molecule has 5 aliphatic carbocycles. The van der Waals surface area contributed by atoms with Crippen molar-refractivity contribution in [3.8, 4) is 44.5 Å². The summed E-state index contributed by atoms with van der Waals surface area (Å²) in [6.07, 6.45) is 28.4. The number of urea groups is 1. The van der Waals surface area contributed by atoms with E-state index < -0.39 is 5.82 Å². The van der Waals surface area contributed by atoms with Crippen molar-refractivity contribution in [2.45, 2.75) is 85.0 Å². The van der Waals surface area contributed by atoms with E-state index in [4.69, 9.17) is 19.9 Å². The predicted molar refractivity (Wildman–Crippen MR) is 563 cm³/mol. The first-order chi connectivity index (χ1) is 67.5. The molecule has 16 nitrogen and oxygen atoms in total. The van der Waals surface area contributed by atoms with E-state index >= 15 is 0 Å². The minimum atomic E-state index is -0.454. The fourth-order valence-electron chi connectivity index (χ4n) is 20.1. The highest BCUT2D eigenvalue weighted by Crippen LogP contribution is 2.42. The number of hydrogen-bond acceptors (Lipinski definition) is 14. The Balaban J connectivity index is 0.000000118. The monoisotopic (exact) mass is 1830 g/mol. The molecule has 698 valence electrons. The Hall–Kier alpha value is -13.4. The molecule has 0 spiro atoms. The number of carbonyl (C=O) groups excluding carboxylic acids is 2. The van der Waals surface area contributed by atoms with Crippen LogP contribution in [0.25, 0.3) is 66.8 Å². The Morgan fingerprint density at radius 2 is 0.652 bits per heavy atom. The van der Waals surface area contributed by atoms with Crippen LogP contribution in [0.5, 0.6) is 0 Å². The van der Waals surface area contributed by atoms with Gasteiger partial charge in [0.15, 0.2) is 5.78 Å². The van der Waals surface area contributed by atoms with E-state index in [2.05, 4.69) is 298 Å². The van der Waals surface area contributed by atoms with E-state index in [0.29, 0.717) is 12.8 Å². The van der Waals surface area contributed by atoms with Gasteiger partial charge in [-0.2, -0.15) is 0 Å². The number of ketones is 1. The maximum absolute atomic E-state index is 14.7. The number of Topliss-reactive ketones (excluding diaryl/α,β-unsaturated/α-hetero) is 1. The summed E-state index contributed by atoms with van der Waals surface area (Å²) >= 11 is 0. The molecule has 2 N–H and O–H groups in total. The molecule has 0 unspecified atom stereocenters. The molecule has 0 atom stereocenters. The number of halogens is 1. The molecule has 0 saturated carbocycles. The van der Waals surface area contributed by atoms with Crippen molar-refractivity contribution in [2.24, 2.45) is 0 Å². The van der Waals surface area contributed by atoms with Gasteiger partial charge in [0, 0.05) is 244 Å². The molecule has 9 aliphatic rings. The topological polar surface area (TPSA) is 136 Å². The number of benzene rings is 9. The van der Waals surface area contributed by atoms with Crippen LogP contribution in [-0.2, 0) is 51.9 Å². The first kappa shape index (κ1) is 93.6. The molecule has 8 heterocycles. The zero-order valence-corrected chi connectivity index (χ0v) is 80.6. The molecule has 138 heavy (non-hydrogen) atoms. The van der Waals surface area contributed by atoms with Crippen LogP contribution < -0.4 is 10.6 Å². The van der Waals surface area contributed by atoms with Crippen LogP contribution in [0.15, 0.2) is 316 Å². The summed E-state index contributed by atoms with van der Waals surface area (Å²) in [5.74, 6) is -0.603. The van der Waals surface area contributed by atoms with Crippen LogP contribution in [0.1, 0.15) is 130 Å². The summed E-state index contributed by atoms with van der Waals surface area (Å²) in [6, 6.07) is 84.2. The summed E-state index contributed by atoms with van der Waals surface area (Å²) in [5, 5.41) is 5.82. The standard InChI is InChI=1S/C34H34FN3O.C33H33N5O.2C27H29N3/c1-37-16-18-38(19-17-37)23-25-6-9-26(10-7-25)28-21-30-29(12-14-33(30)36-22-28)27-11-13-32(35)31(20-27)34(39)15-8-24-4-2-3-5-24;1-37-16-18-38(19-17-37)23-24-10-12-25(13-11-24)27-21-31-30(14-15-32(31)34-22-27)26-6-5-9-29(20-26)36-33(39)35-28-7-3-2-4-8-28;2*1-20-5-3-4-6-24(20)25-11-12-27-26(25)17-23(18-28-27)22-9-7-21(8-10-22)19-30-15-13-29(2)14-16-30/h2-4,6-7,9-13,20-22H,5,8,14-19,23H2,1H3;2-14,20-22H,15-19,23H2,1H3,(H2,35,36,39);2*3-11,17-18H,12-16,19H2,1-2H3. The molecular weight excluding hydrogens is 1700 g/mol. The lowest BCUT2D eigenvalue weighted by atomic mass is 9.94. The molecule has 0 radical (unpaired) electrons. The number of aromatic nitrogens is 4. The summed E-state index contributed by atoms with van der Waals surface area (Å²) in [7, 11) is 8.78. The largest absolute Gasteiger partial charge is 0.323 e. The second-order valence-electron chi connectivity index (χ2n) is 38.5. The lowest BCUT2D eigenvalue weighted by Crippen LogP contribution is -2.43. The smallest absolute Gasteiger partial charge is 0.308 e. The quantitative estimate of drug-likeness (QED) is 0.0623. The second kappa shape index (κ2) is 43.9. The summed E-state index contributed by atoms with van der Waals surface area (Å²) in [4.78, 5) is 64.3. The number of pyridine rings is 4. The Morgan fingerprint density at radius 1 is 0.319 bits per heavy atom. The van der Waals surface area contributed by atoms with Crippen LogP contribution in [0.4, 0.5) is 20.6 Å². The molecule has 22 rings (SSSR count). The number of hydrogen-bond donors (Lipinski definition) is 2. The van der Waals surface area contributed by atoms with Crippen LogP contribution in [0.2, 0.25) is 0 Å². The van der Waals surface area contributed by atoms with Gasteiger partial charge in [0.05, 0.1) is 28.3 Å². The Bertz CT molecular complexity index is 6550. The lowest BCUT2D eigenvalue weighted by molar-refractivity contribution is 0.0978. The number of carbonyl (C=O) groups is 2. The van der Waals surface area contributed by atoms with E-state index in [9.17, 15) is 14.0 Å². The van der Waals surface area contributed by atoms with Crippen molar-refractivity contribution >= 4 is 45.5 Å². The van der Waals surface area contributed by atoms with Gasteiger partial charge in [-0.1, -0.05) is 230 Å². The second-order valence-corrected chi connectivity index (χ2v) is 38.5. The van der Waals surface area contributed by atoms with Gasteiger partial charge in [0.1, 0.15) is 5.82 Å². The number of fused-ring (bicyclic) bond motifs is 4. The number of nitrogens with zero attached hydrogens (tertiary/aromatic N) is 12. The van der Waals surface area contributed by atoms with Crippen molar-refractivity contribution < 1.29 is 14.0 Å². The van der Waals surface area contributed by atoms with Gasteiger partial charge in [0.25, 0.3) is 0 Å². The molecule has 2 amide bonds. The molecular formula is C121H125FN14O2. The summed E-state index contributed by atoms with van der Waals surface area (Å²) < 4.78 is 14.7. The number of para-hydroxylation sites is 1. The van der Waals surface area contributed by atoms with Crippen molar-refractivity contribution in [1.29, 1.82) is 0 Å².